The Morgan fingerprint density at radius 2 is 1.16 bits per heavy atom. The highest BCUT2D eigenvalue weighted by Crippen LogP contribution is 2.34. The van der Waals surface area contributed by atoms with Gasteiger partial charge in [0.25, 0.3) is 0 Å². The summed E-state index contributed by atoms with van der Waals surface area (Å²) in [5.74, 6) is 1.75. The lowest BCUT2D eigenvalue weighted by Crippen LogP contribution is -2.11. The molecule has 252 valence electrons. The Hall–Kier alpha value is -5.29. The Bertz CT molecular complexity index is 1800. The van der Waals surface area contributed by atoms with E-state index in [1.165, 1.54) is 22.3 Å². The molecule has 0 spiro atoms. The number of hydrogen-bond acceptors (Lipinski definition) is 4. The average Bonchev–Trinajstić information content (AvgIpc) is 3.11. The minimum Gasteiger partial charge on any atom is -0.494 e. The molecule has 0 heterocycles. The van der Waals surface area contributed by atoms with E-state index in [-0.39, 0.29) is 6.61 Å². The van der Waals surface area contributed by atoms with Crippen molar-refractivity contribution in [3.63, 3.8) is 0 Å². The summed E-state index contributed by atoms with van der Waals surface area (Å²) in [5.41, 5.74) is 11.1. The van der Waals surface area contributed by atoms with Crippen LogP contribution in [0, 0.1) is 6.92 Å². The Kier molecular flexibility index (Phi) is 11.6. The summed E-state index contributed by atoms with van der Waals surface area (Å²) in [4.78, 5) is 11.0. The summed E-state index contributed by atoms with van der Waals surface area (Å²) in [6.45, 7) is 13.0. The first-order valence-electron chi connectivity index (χ1n) is 17.0. The summed E-state index contributed by atoms with van der Waals surface area (Å²) in [7, 11) is 0. The molecule has 0 bridgehead atoms. The number of rotatable bonds is 14. The molecule has 0 saturated heterocycles. The maximum atomic E-state index is 11.0. The molecule has 49 heavy (non-hydrogen) atoms. The van der Waals surface area contributed by atoms with Gasteiger partial charge in [-0.25, -0.2) is 4.79 Å². The lowest BCUT2D eigenvalue weighted by atomic mass is 9.92. The van der Waals surface area contributed by atoms with E-state index in [9.17, 15) is 4.79 Å². The molecular formula is C44H46O5. The molecule has 5 rings (SSSR count). The second-order valence-corrected chi connectivity index (χ2v) is 12.8. The van der Waals surface area contributed by atoms with Crippen LogP contribution in [-0.2, 0) is 9.53 Å². The van der Waals surface area contributed by atoms with Crippen molar-refractivity contribution in [2.75, 3.05) is 19.8 Å². The molecule has 5 nitrogen and oxygen atoms in total. The minimum atomic E-state index is -1.02. The third-order valence-corrected chi connectivity index (χ3v) is 8.59. The number of carboxylic acids is 1. The molecule has 5 aromatic carbocycles. The van der Waals surface area contributed by atoms with Crippen LogP contribution in [0.4, 0.5) is 0 Å². The summed E-state index contributed by atoms with van der Waals surface area (Å²) in [6, 6.07) is 40.1. The molecule has 0 unspecified atom stereocenters. The number of carbonyl (C=O) groups is 1. The molecule has 0 saturated carbocycles. The molecule has 0 aliphatic carbocycles. The normalized spacial score (nSPS) is 11.0. The van der Waals surface area contributed by atoms with Crippen LogP contribution in [0.25, 0.3) is 27.8 Å². The van der Waals surface area contributed by atoms with Crippen LogP contribution in [-0.4, -0.2) is 30.9 Å². The number of aliphatic carboxylic acids is 1. The van der Waals surface area contributed by atoms with E-state index in [2.05, 4.69) is 125 Å². The van der Waals surface area contributed by atoms with Crippen LogP contribution in [0.1, 0.15) is 74.3 Å². The number of hydrogen-bond donors (Lipinski definition) is 1. The molecule has 0 aliphatic rings. The first-order chi connectivity index (χ1) is 23.6. The monoisotopic (exact) mass is 654 g/mol. The Labute approximate surface area is 290 Å². The van der Waals surface area contributed by atoms with E-state index >= 15 is 0 Å². The molecule has 0 radical (unpaired) electrons. The van der Waals surface area contributed by atoms with Gasteiger partial charge in [-0.05, 0) is 94.0 Å². The fourth-order valence-corrected chi connectivity index (χ4v) is 5.82. The van der Waals surface area contributed by atoms with Gasteiger partial charge in [0.1, 0.15) is 23.9 Å². The maximum absolute atomic E-state index is 11.0. The standard InChI is InChI=1S/C44H46O5/c1-7-47-42(27-48-40-22-23-41(31(6)24-40)49-28-43(45)46)44(34-18-14-32(15-19-34)38-12-8-10-36(25-38)29(2)3)35-20-16-33(17-21-35)39-13-9-11-37(26-39)30(4)5/h8-26,29-30H,7,27-28H2,1-6H3,(H,45,46). The largest absolute Gasteiger partial charge is 0.494 e. The van der Waals surface area contributed by atoms with Crippen LogP contribution >= 0.6 is 0 Å². The van der Waals surface area contributed by atoms with Gasteiger partial charge >= 0.3 is 5.97 Å². The van der Waals surface area contributed by atoms with Gasteiger partial charge in [-0.1, -0.05) is 125 Å². The molecule has 1 N–H and O–H groups in total. The van der Waals surface area contributed by atoms with Gasteiger partial charge in [-0.2, -0.15) is 0 Å². The zero-order valence-electron chi connectivity index (χ0n) is 29.3. The van der Waals surface area contributed by atoms with Crippen LogP contribution in [0.2, 0.25) is 0 Å². The van der Waals surface area contributed by atoms with Crippen molar-refractivity contribution in [3.8, 4) is 33.8 Å². The van der Waals surface area contributed by atoms with E-state index < -0.39 is 12.6 Å². The summed E-state index contributed by atoms with van der Waals surface area (Å²) in [6.07, 6.45) is 0. The third-order valence-electron chi connectivity index (χ3n) is 8.59. The van der Waals surface area contributed by atoms with E-state index in [4.69, 9.17) is 19.3 Å². The number of aryl methyl sites for hydroxylation is 1. The van der Waals surface area contributed by atoms with E-state index in [1.54, 1.807) is 12.1 Å². The predicted octanol–water partition coefficient (Wildman–Crippen LogP) is 10.9. The van der Waals surface area contributed by atoms with Gasteiger partial charge in [0, 0.05) is 5.57 Å². The lowest BCUT2D eigenvalue weighted by Gasteiger charge is -2.19. The van der Waals surface area contributed by atoms with Crippen molar-refractivity contribution in [2.24, 2.45) is 0 Å². The number of ether oxygens (including phenoxy) is 3. The highest BCUT2D eigenvalue weighted by atomic mass is 16.5. The van der Waals surface area contributed by atoms with Crippen LogP contribution in [0.15, 0.2) is 121 Å². The van der Waals surface area contributed by atoms with Crippen molar-refractivity contribution in [1.82, 2.24) is 0 Å². The highest BCUT2D eigenvalue weighted by Gasteiger charge is 2.17. The van der Waals surface area contributed by atoms with Crippen LogP contribution in [0.5, 0.6) is 11.5 Å². The maximum Gasteiger partial charge on any atom is 0.341 e. The molecule has 0 atom stereocenters. The molecule has 5 aromatic rings. The van der Waals surface area contributed by atoms with E-state index in [1.807, 2.05) is 19.9 Å². The van der Waals surface area contributed by atoms with Crippen molar-refractivity contribution in [3.05, 3.63) is 149 Å². The van der Waals surface area contributed by atoms with Gasteiger partial charge in [0.15, 0.2) is 6.61 Å². The van der Waals surface area contributed by atoms with Crippen LogP contribution < -0.4 is 9.47 Å². The van der Waals surface area contributed by atoms with Gasteiger partial charge in [0.05, 0.1) is 6.61 Å². The van der Waals surface area contributed by atoms with Crippen molar-refractivity contribution >= 4 is 11.5 Å². The third kappa shape index (κ3) is 8.99. The van der Waals surface area contributed by atoms with Crippen molar-refractivity contribution in [1.29, 1.82) is 0 Å². The fourth-order valence-electron chi connectivity index (χ4n) is 5.82. The van der Waals surface area contributed by atoms with Gasteiger partial charge in [-0.15, -0.1) is 0 Å². The zero-order chi connectivity index (χ0) is 34.9. The number of benzene rings is 5. The lowest BCUT2D eigenvalue weighted by molar-refractivity contribution is -0.139. The topological polar surface area (TPSA) is 65.0 Å². The second kappa shape index (κ2) is 16.2. The summed E-state index contributed by atoms with van der Waals surface area (Å²) in [5, 5.41) is 9.00. The van der Waals surface area contributed by atoms with Gasteiger partial charge in [0.2, 0.25) is 0 Å². The van der Waals surface area contributed by atoms with E-state index in [0.29, 0.717) is 29.9 Å². The highest BCUT2D eigenvalue weighted by molar-refractivity contribution is 5.83. The Morgan fingerprint density at radius 3 is 1.61 bits per heavy atom. The first kappa shape index (κ1) is 35.0. The van der Waals surface area contributed by atoms with Gasteiger partial charge in [-0.3, -0.25) is 0 Å². The minimum absolute atomic E-state index is 0.203. The van der Waals surface area contributed by atoms with Gasteiger partial charge < -0.3 is 19.3 Å². The quantitative estimate of drug-likeness (QED) is 0.121. The second-order valence-electron chi connectivity index (χ2n) is 12.8. The molecule has 0 amide bonds. The molecule has 0 aromatic heterocycles. The van der Waals surface area contributed by atoms with Crippen molar-refractivity contribution < 1.29 is 24.1 Å². The van der Waals surface area contributed by atoms with Crippen molar-refractivity contribution in [2.45, 2.75) is 53.4 Å². The summed E-state index contributed by atoms with van der Waals surface area (Å²) >= 11 is 0. The molecule has 0 aliphatic heterocycles. The molecular weight excluding hydrogens is 608 g/mol. The Morgan fingerprint density at radius 1 is 0.633 bits per heavy atom. The Balaban J connectivity index is 1.52. The number of carboxylic acid groups (broad SMARTS) is 1. The van der Waals surface area contributed by atoms with Crippen LogP contribution in [0.3, 0.4) is 0 Å². The fraction of sp³-hybridized carbons (Fsp3) is 0.250. The predicted molar refractivity (Wildman–Crippen MR) is 199 cm³/mol. The zero-order valence-corrected chi connectivity index (χ0v) is 29.3. The van der Waals surface area contributed by atoms with E-state index in [0.717, 1.165) is 39.1 Å². The average molecular weight is 655 g/mol. The molecule has 0 fully saturated rings. The first-order valence-corrected chi connectivity index (χ1v) is 17.0. The molecule has 5 heteroatoms. The SMILES string of the molecule is CCOC(COc1ccc(OCC(=O)O)c(C)c1)=C(c1ccc(-c2cccc(C(C)C)c2)cc1)c1ccc(-c2cccc(C(C)C)c2)cc1. The summed E-state index contributed by atoms with van der Waals surface area (Å²) < 4.78 is 18.0. The smallest absolute Gasteiger partial charge is 0.341 e.